The van der Waals surface area contributed by atoms with Gasteiger partial charge in [-0.25, -0.2) is 0 Å². The van der Waals surface area contributed by atoms with Crippen LogP contribution >= 0.6 is 0 Å². The van der Waals surface area contributed by atoms with E-state index >= 15 is 0 Å². The first-order valence-electron chi connectivity index (χ1n) is 6.34. The summed E-state index contributed by atoms with van der Waals surface area (Å²) >= 11 is 0. The standard InChI is InChI=1S/C14H20N2O2/c1-16(2)11-8-6-10(7-9-11)14(18)15-12-4-3-5-13(12)17/h6-9,12-13,17H,3-5H2,1-2H3,(H,15,18)/t12-,13+/m0/s1. The molecule has 4 heteroatoms. The summed E-state index contributed by atoms with van der Waals surface area (Å²) in [6.07, 6.45) is 2.23. The normalized spacial score (nSPS) is 22.8. The van der Waals surface area contributed by atoms with E-state index in [-0.39, 0.29) is 11.9 Å². The van der Waals surface area contributed by atoms with E-state index in [1.54, 1.807) is 0 Å². The van der Waals surface area contributed by atoms with E-state index in [1.165, 1.54) is 0 Å². The Hall–Kier alpha value is -1.55. The largest absolute Gasteiger partial charge is 0.391 e. The van der Waals surface area contributed by atoms with Gasteiger partial charge in [0.25, 0.3) is 5.91 Å². The highest BCUT2D eigenvalue weighted by Gasteiger charge is 2.26. The SMILES string of the molecule is CN(C)c1ccc(C(=O)N[C@H]2CCC[C@H]2O)cc1. The van der Waals surface area contributed by atoms with Gasteiger partial charge in [-0.15, -0.1) is 0 Å². The first kappa shape index (κ1) is 12.9. The Morgan fingerprint density at radius 2 is 1.94 bits per heavy atom. The van der Waals surface area contributed by atoms with Gasteiger partial charge in [-0.05, 0) is 43.5 Å². The monoisotopic (exact) mass is 248 g/mol. The van der Waals surface area contributed by atoms with E-state index in [0.717, 1.165) is 24.9 Å². The predicted octanol–water partition coefficient (Wildman–Crippen LogP) is 1.40. The number of carbonyl (C=O) groups excluding carboxylic acids is 1. The van der Waals surface area contributed by atoms with Crippen molar-refractivity contribution in [3.63, 3.8) is 0 Å². The molecule has 0 spiro atoms. The molecule has 0 aliphatic heterocycles. The Morgan fingerprint density at radius 1 is 1.28 bits per heavy atom. The number of hydrogen-bond donors (Lipinski definition) is 2. The van der Waals surface area contributed by atoms with Gasteiger partial charge in [0, 0.05) is 25.3 Å². The smallest absolute Gasteiger partial charge is 0.251 e. The van der Waals surface area contributed by atoms with Crippen LogP contribution in [-0.2, 0) is 0 Å². The molecule has 4 nitrogen and oxygen atoms in total. The summed E-state index contributed by atoms with van der Waals surface area (Å²) in [5.74, 6) is -0.105. The summed E-state index contributed by atoms with van der Waals surface area (Å²) < 4.78 is 0. The number of hydrogen-bond acceptors (Lipinski definition) is 3. The molecule has 18 heavy (non-hydrogen) atoms. The second kappa shape index (κ2) is 5.40. The maximum atomic E-state index is 12.0. The number of carbonyl (C=O) groups is 1. The van der Waals surface area contributed by atoms with Crippen LogP contribution in [0.1, 0.15) is 29.6 Å². The molecule has 0 heterocycles. The van der Waals surface area contributed by atoms with Crippen LogP contribution in [0.5, 0.6) is 0 Å². The Morgan fingerprint density at radius 3 is 2.44 bits per heavy atom. The van der Waals surface area contributed by atoms with Gasteiger partial charge in [0.1, 0.15) is 0 Å². The van der Waals surface area contributed by atoms with Crippen LogP contribution in [0.4, 0.5) is 5.69 Å². The number of aliphatic hydroxyl groups excluding tert-OH is 1. The van der Waals surface area contributed by atoms with Gasteiger partial charge < -0.3 is 15.3 Å². The fourth-order valence-corrected chi connectivity index (χ4v) is 2.27. The fraction of sp³-hybridized carbons (Fsp3) is 0.500. The molecule has 2 N–H and O–H groups in total. The average molecular weight is 248 g/mol. The predicted molar refractivity (Wildman–Crippen MR) is 71.9 cm³/mol. The van der Waals surface area contributed by atoms with E-state index in [4.69, 9.17) is 0 Å². The zero-order valence-corrected chi connectivity index (χ0v) is 10.9. The third-order valence-corrected chi connectivity index (χ3v) is 3.44. The van der Waals surface area contributed by atoms with Crippen molar-refractivity contribution in [2.24, 2.45) is 0 Å². The number of benzene rings is 1. The molecule has 2 rings (SSSR count). The summed E-state index contributed by atoms with van der Waals surface area (Å²) in [5.41, 5.74) is 1.70. The average Bonchev–Trinajstić information content (AvgIpc) is 2.75. The van der Waals surface area contributed by atoms with Gasteiger partial charge in [0.2, 0.25) is 0 Å². The maximum Gasteiger partial charge on any atom is 0.251 e. The molecule has 1 aliphatic rings. The fourth-order valence-electron chi connectivity index (χ4n) is 2.27. The minimum atomic E-state index is -0.394. The summed E-state index contributed by atoms with van der Waals surface area (Å²) in [6, 6.07) is 7.36. The molecule has 1 aliphatic carbocycles. The van der Waals surface area contributed by atoms with E-state index in [0.29, 0.717) is 5.56 Å². The number of nitrogens with one attached hydrogen (secondary N) is 1. The first-order chi connectivity index (χ1) is 8.58. The highest BCUT2D eigenvalue weighted by atomic mass is 16.3. The van der Waals surface area contributed by atoms with Crippen LogP contribution in [0, 0.1) is 0 Å². The van der Waals surface area contributed by atoms with Gasteiger partial charge in [-0.2, -0.15) is 0 Å². The van der Waals surface area contributed by atoms with Crippen LogP contribution in [0.15, 0.2) is 24.3 Å². The molecular weight excluding hydrogens is 228 g/mol. The number of rotatable bonds is 3. The van der Waals surface area contributed by atoms with E-state index < -0.39 is 6.10 Å². The number of nitrogens with zero attached hydrogens (tertiary/aromatic N) is 1. The van der Waals surface area contributed by atoms with Crippen LogP contribution in [0.2, 0.25) is 0 Å². The third kappa shape index (κ3) is 2.82. The van der Waals surface area contributed by atoms with E-state index in [9.17, 15) is 9.90 Å². The molecule has 0 saturated heterocycles. The molecule has 1 aromatic rings. The molecule has 0 radical (unpaired) electrons. The van der Waals surface area contributed by atoms with Crippen molar-refractivity contribution < 1.29 is 9.90 Å². The van der Waals surface area contributed by atoms with Crippen molar-refractivity contribution in [2.45, 2.75) is 31.4 Å². The number of amides is 1. The Kier molecular flexibility index (Phi) is 3.87. The zero-order valence-electron chi connectivity index (χ0n) is 10.9. The van der Waals surface area contributed by atoms with Crippen LogP contribution in [0.25, 0.3) is 0 Å². The number of anilines is 1. The molecule has 0 aromatic heterocycles. The maximum absolute atomic E-state index is 12.0. The lowest BCUT2D eigenvalue weighted by atomic mass is 10.1. The molecule has 0 unspecified atom stereocenters. The van der Waals surface area contributed by atoms with Crippen molar-refractivity contribution in [1.82, 2.24) is 5.32 Å². The highest BCUT2D eigenvalue weighted by Crippen LogP contribution is 2.19. The lowest BCUT2D eigenvalue weighted by molar-refractivity contribution is 0.0873. The van der Waals surface area contributed by atoms with Gasteiger partial charge in [-0.3, -0.25) is 4.79 Å². The van der Waals surface area contributed by atoms with E-state index in [2.05, 4.69) is 5.32 Å². The molecule has 2 atom stereocenters. The summed E-state index contributed by atoms with van der Waals surface area (Å²) in [7, 11) is 3.92. The molecule has 0 bridgehead atoms. The van der Waals surface area contributed by atoms with Gasteiger partial charge >= 0.3 is 0 Å². The minimum Gasteiger partial charge on any atom is -0.391 e. The van der Waals surface area contributed by atoms with Crippen LogP contribution in [0.3, 0.4) is 0 Å². The first-order valence-corrected chi connectivity index (χ1v) is 6.34. The van der Waals surface area contributed by atoms with Gasteiger partial charge in [0.15, 0.2) is 0 Å². The molecule has 1 fully saturated rings. The Balaban J connectivity index is 2.00. The molecule has 1 amide bonds. The lowest BCUT2D eigenvalue weighted by Crippen LogP contribution is -2.39. The van der Waals surface area contributed by atoms with Gasteiger partial charge in [0.05, 0.1) is 12.1 Å². The molecule has 1 aromatic carbocycles. The van der Waals surface area contributed by atoms with Crippen molar-refractivity contribution in [3.05, 3.63) is 29.8 Å². The summed E-state index contributed by atoms with van der Waals surface area (Å²) in [5, 5.41) is 12.6. The summed E-state index contributed by atoms with van der Waals surface area (Å²) in [4.78, 5) is 14.0. The van der Waals surface area contributed by atoms with Crippen LogP contribution in [-0.4, -0.2) is 37.3 Å². The van der Waals surface area contributed by atoms with E-state index in [1.807, 2.05) is 43.3 Å². The zero-order chi connectivity index (χ0) is 13.1. The number of aliphatic hydroxyl groups is 1. The van der Waals surface area contributed by atoms with Crippen molar-refractivity contribution >= 4 is 11.6 Å². The summed E-state index contributed by atoms with van der Waals surface area (Å²) in [6.45, 7) is 0. The van der Waals surface area contributed by atoms with Gasteiger partial charge in [-0.1, -0.05) is 0 Å². The quantitative estimate of drug-likeness (QED) is 0.850. The third-order valence-electron chi connectivity index (χ3n) is 3.44. The van der Waals surface area contributed by atoms with Crippen LogP contribution < -0.4 is 10.2 Å². The topological polar surface area (TPSA) is 52.6 Å². The second-order valence-electron chi connectivity index (χ2n) is 5.02. The second-order valence-corrected chi connectivity index (χ2v) is 5.02. The molecule has 1 saturated carbocycles. The highest BCUT2D eigenvalue weighted by molar-refractivity contribution is 5.94. The van der Waals surface area contributed by atoms with Crippen molar-refractivity contribution in [2.75, 3.05) is 19.0 Å². The van der Waals surface area contributed by atoms with Crippen molar-refractivity contribution in [1.29, 1.82) is 0 Å². The van der Waals surface area contributed by atoms with Crippen molar-refractivity contribution in [3.8, 4) is 0 Å². The minimum absolute atomic E-state index is 0.0916. The molecule has 98 valence electrons. The Labute approximate surface area is 108 Å². The molecular formula is C14H20N2O2. The Bertz CT molecular complexity index is 414. The lowest BCUT2D eigenvalue weighted by Gasteiger charge is -2.17.